The van der Waals surface area contributed by atoms with Gasteiger partial charge in [0.05, 0.1) is 0 Å². The molecule has 0 unspecified atom stereocenters. The first-order valence-corrected chi connectivity index (χ1v) is 9.01. The van der Waals surface area contributed by atoms with Gasteiger partial charge >= 0.3 is 0 Å². The van der Waals surface area contributed by atoms with Gasteiger partial charge in [-0.3, -0.25) is 0 Å². The molecule has 0 spiro atoms. The Morgan fingerprint density at radius 2 is 2.13 bits per heavy atom. The SMILES string of the molecule is Cc1ccc(OCc2nnc(SC[C@H]3CCCN(C)C3)o2)cc1. The average Bonchev–Trinajstić information content (AvgIpc) is 3.00. The van der Waals surface area contributed by atoms with E-state index in [4.69, 9.17) is 9.15 Å². The van der Waals surface area contributed by atoms with Crippen molar-refractivity contribution in [3.05, 3.63) is 35.7 Å². The number of aromatic nitrogens is 2. The molecule has 5 nitrogen and oxygen atoms in total. The molecule has 1 aliphatic heterocycles. The summed E-state index contributed by atoms with van der Waals surface area (Å²) in [5, 5.41) is 8.79. The van der Waals surface area contributed by atoms with E-state index in [-0.39, 0.29) is 0 Å². The van der Waals surface area contributed by atoms with Gasteiger partial charge in [-0.1, -0.05) is 29.5 Å². The van der Waals surface area contributed by atoms with Gasteiger partial charge < -0.3 is 14.1 Å². The van der Waals surface area contributed by atoms with Gasteiger partial charge in [-0.15, -0.1) is 10.2 Å². The van der Waals surface area contributed by atoms with Crippen LogP contribution in [0.5, 0.6) is 5.75 Å². The minimum atomic E-state index is 0.308. The van der Waals surface area contributed by atoms with E-state index in [9.17, 15) is 0 Å². The zero-order valence-corrected chi connectivity index (χ0v) is 14.5. The van der Waals surface area contributed by atoms with E-state index >= 15 is 0 Å². The van der Waals surface area contributed by atoms with Gasteiger partial charge in [0.25, 0.3) is 11.1 Å². The number of thioether (sulfide) groups is 1. The third kappa shape index (κ3) is 4.97. The van der Waals surface area contributed by atoms with Crippen LogP contribution in [0.25, 0.3) is 0 Å². The summed E-state index contributed by atoms with van der Waals surface area (Å²) in [4.78, 5) is 2.39. The zero-order valence-electron chi connectivity index (χ0n) is 13.7. The topological polar surface area (TPSA) is 51.4 Å². The van der Waals surface area contributed by atoms with Crippen LogP contribution in [0, 0.1) is 12.8 Å². The molecule has 1 aromatic carbocycles. The summed E-state index contributed by atoms with van der Waals surface area (Å²) in [5.74, 6) is 3.07. The highest BCUT2D eigenvalue weighted by molar-refractivity contribution is 7.99. The second kappa shape index (κ2) is 7.84. The predicted octanol–water partition coefficient (Wildman–Crippen LogP) is 3.39. The van der Waals surface area contributed by atoms with Crippen molar-refractivity contribution in [1.82, 2.24) is 15.1 Å². The molecule has 0 saturated carbocycles. The van der Waals surface area contributed by atoms with Crippen LogP contribution in [0.15, 0.2) is 33.9 Å². The summed E-state index contributed by atoms with van der Waals surface area (Å²) in [5.41, 5.74) is 1.21. The summed E-state index contributed by atoms with van der Waals surface area (Å²) in [6.07, 6.45) is 2.57. The molecule has 0 aliphatic carbocycles. The highest BCUT2D eigenvalue weighted by Gasteiger charge is 2.18. The van der Waals surface area contributed by atoms with Crippen LogP contribution < -0.4 is 4.74 Å². The highest BCUT2D eigenvalue weighted by Crippen LogP contribution is 2.25. The highest BCUT2D eigenvalue weighted by atomic mass is 32.2. The van der Waals surface area contributed by atoms with E-state index in [2.05, 4.69) is 29.1 Å². The van der Waals surface area contributed by atoms with E-state index in [1.165, 1.54) is 24.9 Å². The molecule has 6 heteroatoms. The molecular formula is C17H23N3O2S. The summed E-state index contributed by atoms with van der Waals surface area (Å²) < 4.78 is 11.3. The van der Waals surface area contributed by atoms with Gasteiger partial charge in [0, 0.05) is 12.3 Å². The number of likely N-dealkylation sites (tertiary alicyclic amines) is 1. The quantitative estimate of drug-likeness (QED) is 0.755. The van der Waals surface area contributed by atoms with E-state index in [0.717, 1.165) is 18.0 Å². The zero-order chi connectivity index (χ0) is 16.1. The minimum absolute atomic E-state index is 0.308. The summed E-state index contributed by atoms with van der Waals surface area (Å²) in [6.45, 7) is 4.73. The second-order valence-corrected chi connectivity index (χ2v) is 7.12. The fraction of sp³-hybridized carbons (Fsp3) is 0.529. The number of aryl methyl sites for hydroxylation is 1. The number of ether oxygens (including phenoxy) is 1. The lowest BCUT2D eigenvalue weighted by Gasteiger charge is -2.28. The second-order valence-electron chi connectivity index (χ2n) is 6.14. The Hall–Kier alpha value is -1.53. The molecule has 1 fully saturated rings. The normalized spacial score (nSPS) is 19.0. The lowest BCUT2D eigenvalue weighted by atomic mass is 10.0. The maximum atomic E-state index is 5.66. The molecule has 1 saturated heterocycles. The van der Waals surface area contributed by atoms with Gasteiger partial charge in [0.1, 0.15) is 5.75 Å². The van der Waals surface area contributed by atoms with Crippen LogP contribution in [0.2, 0.25) is 0 Å². The number of rotatable bonds is 6. The molecule has 0 N–H and O–H groups in total. The Kier molecular flexibility index (Phi) is 5.56. The Bertz CT molecular complexity index is 615. The van der Waals surface area contributed by atoms with Crippen molar-refractivity contribution >= 4 is 11.8 Å². The first kappa shape index (κ1) is 16.3. The number of nitrogens with zero attached hydrogens (tertiary/aromatic N) is 3. The fourth-order valence-corrected chi connectivity index (χ4v) is 3.64. The minimum Gasteiger partial charge on any atom is -0.484 e. The van der Waals surface area contributed by atoms with Crippen molar-refractivity contribution in [1.29, 1.82) is 0 Å². The maximum Gasteiger partial charge on any atom is 0.276 e. The number of piperidine rings is 1. The molecule has 1 aliphatic rings. The van der Waals surface area contributed by atoms with Crippen molar-refractivity contribution in [3.8, 4) is 5.75 Å². The molecule has 2 heterocycles. The molecule has 2 aromatic rings. The fourth-order valence-electron chi connectivity index (χ4n) is 2.73. The molecule has 3 rings (SSSR count). The number of hydrogen-bond acceptors (Lipinski definition) is 6. The molecule has 0 radical (unpaired) electrons. The van der Waals surface area contributed by atoms with Gasteiger partial charge in [0.15, 0.2) is 6.61 Å². The molecule has 1 atom stereocenters. The predicted molar refractivity (Wildman–Crippen MR) is 90.8 cm³/mol. The lowest BCUT2D eigenvalue weighted by molar-refractivity contribution is 0.224. The van der Waals surface area contributed by atoms with Crippen LogP contribution in [-0.4, -0.2) is 41.0 Å². The standard InChI is InChI=1S/C17H23N3O2S/c1-13-5-7-15(8-6-13)21-11-16-18-19-17(22-16)23-12-14-4-3-9-20(2)10-14/h5-8,14H,3-4,9-12H2,1-2H3/t14-/m0/s1. The van der Waals surface area contributed by atoms with Gasteiger partial charge in [-0.05, 0) is 51.4 Å². The Morgan fingerprint density at radius 3 is 2.91 bits per heavy atom. The molecule has 1 aromatic heterocycles. The summed E-state index contributed by atoms with van der Waals surface area (Å²) in [7, 11) is 2.18. The van der Waals surface area contributed by atoms with Crippen LogP contribution in [0.1, 0.15) is 24.3 Å². The Morgan fingerprint density at radius 1 is 1.30 bits per heavy atom. The third-order valence-electron chi connectivity index (χ3n) is 4.00. The average molecular weight is 333 g/mol. The van der Waals surface area contributed by atoms with E-state index in [1.807, 2.05) is 24.3 Å². The molecule has 0 amide bonds. The van der Waals surface area contributed by atoms with Crippen LogP contribution in [-0.2, 0) is 6.61 Å². The van der Waals surface area contributed by atoms with Crippen molar-refractivity contribution in [2.75, 3.05) is 25.9 Å². The van der Waals surface area contributed by atoms with E-state index in [1.54, 1.807) is 11.8 Å². The van der Waals surface area contributed by atoms with Crippen molar-refractivity contribution in [3.63, 3.8) is 0 Å². The number of hydrogen-bond donors (Lipinski definition) is 0. The molecule has 0 bridgehead atoms. The first-order chi connectivity index (χ1) is 11.2. The molecular weight excluding hydrogens is 310 g/mol. The first-order valence-electron chi connectivity index (χ1n) is 8.02. The van der Waals surface area contributed by atoms with Gasteiger partial charge in [-0.2, -0.15) is 0 Å². The largest absolute Gasteiger partial charge is 0.484 e. The number of benzene rings is 1. The van der Waals surface area contributed by atoms with Gasteiger partial charge in [0.2, 0.25) is 0 Å². The monoisotopic (exact) mass is 333 g/mol. The molecule has 23 heavy (non-hydrogen) atoms. The van der Waals surface area contributed by atoms with Crippen molar-refractivity contribution < 1.29 is 9.15 Å². The van der Waals surface area contributed by atoms with Crippen LogP contribution in [0.3, 0.4) is 0 Å². The third-order valence-corrected chi connectivity index (χ3v) is 5.05. The smallest absolute Gasteiger partial charge is 0.276 e. The lowest BCUT2D eigenvalue weighted by Crippen LogP contribution is -2.33. The summed E-state index contributed by atoms with van der Waals surface area (Å²) >= 11 is 1.65. The molecule has 124 valence electrons. The summed E-state index contributed by atoms with van der Waals surface area (Å²) in [6, 6.07) is 7.93. The van der Waals surface area contributed by atoms with Gasteiger partial charge in [-0.25, -0.2) is 0 Å². The van der Waals surface area contributed by atoms with Crippen LogP contribution in [0.4, 0.5) is 0 Å². The van der Waals surface area contributed by atoms with E-state index < -0.39 is 0 Å². The van der Waals surface area contributed by atoms with Crippen molar-refractivity contribution in [2.24, 2.45) is 5.92 Å². The Labute approximate surface area is 141 Å². The van der Waals surface area contributed by atoms with E-state index in [0.29, 0.717) is 23.6 Å². The van der Waals surface area contributed by atoms with Crippen molar-refractivity contribution in [2.45, 2.75) is 31.6 Å². The Balaban J connectivity index is 1.45. The van der Waals surface area contributed by atoms with Crippen LogP contribution >= 0.6 is 11.8 Å². The maximum absolute atomic E-state index is 5.66.